The molecule has 2 rings (SSSR count). The summed E-state index contributed by atoms with van der Waals surface area (Å²) in [7, 11) is 0. The lowest BCUT2D eigenvalue weighted by molar-refractivity contribution is 0.195. The van der Waals surface area contributed by atoms with E-state index in [1.54, 1.807) is 0 Å². The van der Waals surface area contributed by atoms with E-state index in [0.717, 1.165) is 9.91 Å². The van der Waals surface area contributed by atoms with Crippen LogP contribution >= 0.6 is 11.6 Å². The third kappa shape index (κ3) is 2.65. The van der Waals surface area contributed by atoms with Crippen molar-refractivity contribution in [3.8, 4) is 0 Å². The Bertz CT molecular complexity index is 504. The number of carbonyl (C=O) groups is 2. The highest BCUT2D eigenvalue weighted by Crippen LogP contribution is 2.11. The number of hydrogen-bond acceptors (Lipinski definition) is 3. The van der Waals surface area contributed by atoms with Gasteiger partial charge >= 0.3 is 11.4 Å². The quantitative estimate of drug-likeness (QED) is 0.470. The SMILES string of the molecule is O=C(Cl)N1CCN(/N=C/c2ccc(F)cc2)C1=O. The van der Waals surface area contributed by atoms with E-state index in [2.05, 4.69) is 5.10 Å². The molecule has 0 N–H and O–H groups in total. The predicted molar refractivity (Wildman–Crippen MR) is 64.1 cm³/mol. The molecule has 1 heterocycles. The Morgan fingerprint density at radius 3 is 2.56 bits per heavy atom. The van der Waals surface area contributed by atoms with Crippen molar-refractivity contribution in [3.63, 3.8) is 0 Å². The van der Waals surface area contributed by atoms with Crippen molar-refractivity contribution in [2.75, 3.05) is 13.1 Å². The molecule has 0 saturated carbocycles. The summed E-state index contributed by atoms with van der Waals surface area (Å²) in [5, 5.41) is 4.23. The zero-order chi connectivity index (χ0) is 13.1. The van der Waals surface area contributed by atoms with Crippen LogP contribution in [0.2, 0.25) is 0 Å². The first-order valence-corrected chi connectivity index (χ1v) is 5.54. The first-order valence-electron chi connectivity index (χ1n) is 5.16. The molecule has 18 heavy (non-hydrogen) atoms. The number of urea groups is 1. The highest BCUT2D eigenvalue weighted by Gasteiger charge is 2.31. The lowest BCUT2D eigenvalue weighted by Crippen LogP contribution is -2.30. The van der Waals surface area contributed by atoms with Crippen molar-refractivity contribution >= 4 is 29.2 Å². The molecule has 5 nitrogen and oxygen atoms in total. The first kappa shape index (κ1) is 12.5. The van der Waals surface area contributed by atoms with Gasteiger partial charge in [0.2, 0.25) is 0 Å². The molecule has 0 bridgehead atoms. The fraction of sp³-hybridized carbons (Fsp3) is 0.182. The number of rotatable bonds is 2. The summed E-state index contributed by atoms with van der Waals surface area (Å²) < 4.78 is 12.7. The smallest absolute Gasteiger partial charge is 0.255 e. The molecule has 1 aromatic rings. The Morgan fingerprint density at radius 1 is 1.33 bits per heavy atom. The molecule has 0 spiro atoms. The molecule has 3 amide bonds. The fourth-order valence-electron chi connectivity index (χ4n) is 1.48. The molecule has 0 atom stereocenters. The number of halogens is 2. The molecule has 0 aliphatic carbocycles. The average Bonchev–Trinajstić information content (AvgIpc) is 2.70. The van der Waals surface area contributed by atoms with E-state index in [1.807, 2.05) is 0 Å². The van der Waals surface area contributed by atoms with Crippen LogP contribution in [0.4, 0.5) is 14.0 Å². The molecule has 0 unspecified atom stereocenters. The van der Waals surface area contributed by atoms with Gasteiger partial charge in [0.15, 0.2) is 0 Å². The van der Waals surface area contributed by atoms with Crippen molar-refractivity contribution in [3.05, 3.63) is 35.6 Å². The van der Waals surface area contributed by atoms with Gasteiger partial charge in [-0.1, -0.05) is 12.1 Å². The normalized spacial score (nSPS) is 15.8. The number of hydrazone groups is 1. The van der Waals surface area contributed by atoms with Gasteiger partial charge in [-0.2, -0.15) is 5.10 Å². The number of nitrogens with zero attached hydrogens (tertiary/aromatic N) is 3. The third-order valence-electron chi connectivity index (χ3n) is 2.42. The Morgan fingerprint density at radius 2 is 2.00 bits per heavy atom. The number of hydrogen-bond donors (Lipinski definition) is 0. The minimum atomic E-state index is -0.820. The Kier molecular flexibility index (Phi) is 3.57. The molecular weight excluding hydrogens is 261 g/mol. The Balaban J connectivity index is 2.04. The molecule has 1 aliphatic heterocycles. The molecule has 94 valence electrons. The van der Waals surface area contributed by atoms with Crippen LogP contribution in [-0.4, -0.2) is 40.6 Å². The summed E-state index contributed by atoms with van der Waals surface area (Å²) in [5.74, 6) is -0.344. The minimum absolute atomic E-state index is 0.210. The van der Waals surface area contributed by atoms with E-state index in [9.17, 15) is 14.0 Å². The van der Waals surface area contributed by atoms with E-state index >= 15 is 0 Å². The van der Waals surface area contributed by atoms with Gasteiger partial charge in [-0.25, -0.2) is 19.1 Å². The Hall–Kier alpha value is -1.95. The Labute approximate surface area is 107 Å². The van der Waals surface area contributed by atoms with Crippen LogP contribution in [0, 0.1) is 5.82 Å². The van der Waals surface area contributed by atoms with Gasteiger partial charge in [0.05, 0.1) is 19.3 Å². The molecule has 1 fully saturated rings. The van der Waals surface area contributed by atoms with Gasteiger partial charge in [0, 0.05) is 0 Å². The molecule has 1 aromatic carbocycles. The number of imide groups is 1. The number of carbonyl (C=O) groups excluding carboxylic acids is 2. The zero-order valence-electron chi connectivity index (χ0n) is 9.22. The highest BCUT2D eigenvalue weighted by molar-refractivity contribution is 6.64. The van der Waals surface area contributed by atoms with Crippen molar-refractivity contribution in [2.24, 2.45) is 5.10 Å². The summed E-state index contributed by atoms with van der Waals surface area (Å²) in [6.45, 7) is 0.497. The molecule has 0 radical (unpaired) electrons. The maximum atomic E-state index is 12.7. The van der Waals surface area contributed by atoms with Crippen LogP contribution in [0.15, 0.2) is 29.4 Å². The lowest BCUT2D eigenvalue weighted by Gasteiger charge is -2.09. The summed E-state index contributed by atoms with van der Waals surface area (Å²) in [6, 6.07) is 5.09. The van der Waals surface area contributed by atoms with Crippen LogP contribution in [0.25, 0.3) is 0 Å². The van der Waals surface area contributed by atoms with Crippen LogP contribution < -0.4 is 0 Å². The molecule has 1 aliphatic rings. The largest absolute Gasteiger partial charge is 0.348 e. The summed E-state index contributed by atoms with van der Waals surface area (Å²) in [6.07, 6.45) is 1.42. The maximum absolute atomic E-state index is 12.7. The van der Waals surface area contributed by atoms with Gasteiger partial charge in [-0.3, -0.25) is 4.79 Å². The van der Waals surface area contributed by atoms with Crippen LogP contribution in [0.1, 0.15) is 5.56 Å². The fourth-order valence-corrected chi connectivity index (χ4v) is 1.64. The number of amides is 3. The predicted octanol–water partition coefficient (Wildman–Crippen LogP) is 2.26. The van der Waals surface area contributed by atoms with E-state index in [-0.39, 0.29) is 18.9 Å². The van der Waals surface area contributed by atoms with E-state index in [0.29, 0.717) is 5.56 Å². The van der Waals surface area contributed by atoms with E-state index < -0.39 is 11.4 Å². The van der Waals surface area contributed by atoms with Crippen LogP contribution in [-0.2, 0) is 0 Å². The molecular formula is C11H9ClFN3O2. The minimum Gasteiger partial charge on any atom is -0.255 e. The average molecular weight is 270 g/mol. The van der Waals surface area contributed by atoms with Gasteiger partial charge in [0.25, 0.3) is 0 Å². The van der Waals surface area contributed by atoms with Gasteiger partial charge < -0.3 is 0 Å². The van der Waals surface area contributed by atoms with Crippen LogP contribution in [0.3, 0.4) is 0 Å². The summed E-state index contributed by atoms with van der Waals surface area (Å²) in [5.41, 5.74) is 0.653. The standard InChI is InChI=1S/C11H9ClFN3O2/c12-10(17)15-5-6-16(11(15)18)14-7-8-1-3-9(13)4-2-8/h1-4,7H,5-6H2/b14-7+. The van der Waals surface area contributed by atoms with Crippen molar-refractivity contribution in [1.29, 1.82) is 0 Å². The molecule has 1 saturated heterocycles. The first-order chi connectivity index (χ1) is 8.58. The van der Waals surface area contributed by atoms with E-state index in [4.69, 9.17) is 11.6 Å². The lowest BCUT2D eigenvalue weighted by atomic mass is 10.2. The summed E-state index contributed by atoms with van der Waals surface area (Å²) in [4.78, 5) is 23.4. The van der Waals surface area contributed by atoms with Crippen molar-refractivity contribution < 1.29 is 14.0 Å². The second kappa shape index (κ2) is 5.14. The highest BCUT2D eigenvalue weighted by atomic mass is 35.5. The van der Waals surface area contributed by atoms with Gasteiger partial charge in [0.1, 0.15) is 5.82 Å². The second-order valence-electron chi connectivity index (χ2n) is 3.61. The van der Waals surface area contributed by atoms with Gasteiger partial charge in [-0.05, 0) is 29.3 Å². The monoisotopic (exact) mass is 269 g/mol. The number of benzene rings is 1. The van der Waals surface area contributed by atoms with Gasteiger partial charge in [-0.15, -0.1) is 0 Å². The van der Waals surface area contributed by atoms with Crippen molar-refractivity contribution in [2.45, 2.75) is 0 Å². The second-order valence-corrected chi connectivity index (χ2v) is 3.93. The van der Waals surface area contributed by atoms with E-state index in [1.165, 1.54) is 30.5 Å². The topological polar surface area (TPSA) is 53.0 Å². The third-order valence-corrected chi connectivity index (χ3v) is 2.62. The molecule has 7 heteroatoms. The molecule has 0 aromatic heterocycles. The summed E-state index contributed by atoms with van der Waals surface area (Å²) >= 11 is 5.22. The van der Waals surface area contributed by atoms with Crippen LogP contribution in [0.5, 0.6) is 0 Å². The maximum Gasteiger partial charge on any atom is 0.348 e. The zero-order valence-corrected chi connectivity index (χ0v) is 9.97. The van der Waals surface area contributed by atoms with Crippen molar-refractivity contribution in [1.82, 2.24) is 9.91 Å².